The van der Waals surface area contributed by atoms with E-state index in [4.69, 9.17) is 9.47 Å². The maximum absolute atomic E-state index is 9.69. The molecule has 17 heavy (non-hydrogen) atoms. The molecular formula is C12H12N2O3. The van der Waals surface area contributed by atoms with Crippen molar-refractivity contribution in [2.45, 2.75) is 0 Å². The predicted molar refractivity (Wildman–Crippen MR) is 62.8 cm³/mol. The van der Waals surface area contributed by atoms with Gasteiger partial charge in [0.1, 0.15) is 19.0 Å². The molecule has 0 unspecified atom stereocenters. The van der Waals surface area contributed by atoms with Gasteiger partial charge in [-0.2, -0.15) is 0 Å². The van der Waals surface area contributed by atoms with Crippen LogP contribution < -0.4 is 0 Å². The maximum atomic E-state index is 9.69. The number of nitrogens with zero attached hydrogens (tertiary/aromatic N) is 2. The fraction of sp³-hybridized carbons (Fsp3) is 0.333. The topological polar surface area (TPSA) is 63.4 Å². The first kappa shape index (κ1) is 10.1. The smallest absolute Gasteiger partial charge is 0.216 e. The third-order valence-electron chi connectivity index (χ3n) is 2.58. The van der Waals surface area contributed by atoms with Gasteiger partial charge in [0.05, 0.1) is 13.1 Å². The second-order valence-electron chi connectivity index (χ2n) is 3.84. The molecule has 0 saturated carbocycles. The highest BCUT2D eigenvalue weighted by molar-refractivity contribution is 6.01. The molecule has 0 bridgehead atoms. The van der Waals surface area contributed by atoms with Gasteiger partial charge in [-0.05, 0) is 18.2 Å². The summed E-state index contributed by atoms with van der Waals surface area (Å²) in [6.45, 7) is 2.52. The van der Waals surface area contributed by atoms with Gasteiger partial charge < -0.3 is 14.6 Å². The minimum atomic E-state index is 0.161. The Hall–Kier alpha value is -2.04. The minimum absolute atomic E-state index is 0.161. The van der Waals surface area contributed by atoms with Crippen LogP contribution in [-0.2, 0) is 9.47 Å². The second-order valence-corrected chi connectivity index (χ2v) is 3.84. The molecule has 0 spiro atoms. The lowest BCUT2D eigenvalue weighted by atomic mass is 10.1. The highest BCUT2D eigenvalue weighted by Gasteiger charge is 2.16. The Balaban J connectivity index is 1.99. The third kappa shape index (κ3) is 1.95. The van der Waals surface area contributed by atoms with Gasteiger partial charge in [-0.1, -0.05) is 0 Å². The summed E-state index contributed by atoms with van der Waals surface area (Å²) in [5.74, 6) is 1.30. The first-order valence-corrected chi connectivity index (χ1v) is 5.52. The fourth-order valence-corrected chi connectivity index (χ4v) is 1.88. The summed E-state index contributed by atoms with van der Waals surface area (Å²) in [6, 6.07) is 5.13. The van der Waals surface area contributed by atoms with E-state index in [0.717, 1.165) is 11.1 Å². The van der Waals surface area contributed by atoms with Gasteiger partial charge in [0.2, 0.25) is 11.8 Å². The number of phenolic OH excluding ortho intramolecular Hbond substituents is 1. The highest BCUT2D eigenvalue weighted by Crippen LogP contribution is 2.20. The minimum Gasteiger partial charge on any atom is -0.508 e. The number of hydrogen-bond acceptors (Lipinski definition) is 5. The van der Waals surface area contributed by atoms with Crippen LogP contribution in [0.2, 0.25) is 0 Å². The molecule has 0 fully saturated rings. The van der Waals surface area contributed by atoms with Crippen LogP contribution in [0.15, 0.2) is 28.2 Å². The third-order valence-corrected chi connectivity index (χ3v) is 2.58. The van der Waals surface area contributed by atoms with Crippen LogP contribution in [0.5, 0.6) is 5.75 Å². The van der Waals surface area contributed by atoms with E-state index in [1.165, 1.54) is 0 Å². The average Bonchev–Trinajstić information content (AvgIpc) is 3.02. The largest absolute Gasteiger partial charge is 0.508 e. The van der Waals surface area contributed by atoms with E-state index in [1.54, 1.807) is 12.1 Å². The molecule has 3 rings (SSSR count). The van der Waals surface area contributed by atoms with Crippen molar-refractivity contribution in [3.63, 3.8) is 0 Å². The summed E-state index contributed by atoms with van der Waals surface area (Å²) < 4.78 is 10.7. The zero-order valence-electron chi connectivity index (χ0n) is 9.22. The first-order valence-electron chi connectivity index (χ1n) is 5.52. The normalized spacial score (nSPS) is 18.4. The van der Waals surface area contributed by atoms with Crippen molar-refractivity contribution in [1.29, 1.82) is 0 Å². The first-order chi connectivity index (χ1) is 8.33. The molecule has 1 aromatic carbocycles. The highest BCUT2D eigenvalue weighted by atomic mass is 16.5. The molecule has 0 amide bonds. The Labute approximate surface area is 98.4 Å². The van der Waals surface area contributed by atoms with E-state index in [-0.39, 0.29) is 5.75 Å². The summed E-state index contributed by atoms with van der Waals surface area (Å²) in [5, 5.41) is 9.69. The summed E-state index contributed by atoms with van der Waals surface area (Å²) in [5.41, 5.74) is 1.52. The Morgan fingerprint density at radius 2 is 1.41 bits per heavy atom. The summed E-state index contributed by atoms with van der Waals surface area (Å²) >= 11 is 0. The molecule has 88 valence electrons. The molecule has 2 heterocycles. The number of ether oxygens (including phenoxy) is 2. The van der Waals surface area contributed by atoms with Crippen LogP contribution in [0, 0.1) is 0 Å². The number of rotatable bonds is 2. The molecule has 1 N–H and O–H groups in total. The average molecular weight is 232 g/mol. The van der Waals surface area contributed by atoms with Crippen molar-refractivity contribution in [3.8, 4) is 5.75 Å². The van der Waals surface area contributed by atoms with Gasteiger partial charge in [0.25, 0.3) is 0 Å². The Morgan fingerprint density at radius 1 is 0.882 bits per heavy atom. The van der Waals surface area contributed by atoms with E-state index < -0.39 is 0 Å². The molecule has 0 aliphatic carbocycles. The lowest BCUT2D eigenvalue weighted by Gasteiger charge is -2.06. The van der Waals surface area contributed by atoms with Crippen LogP contribution in [-0.4, -0.2) is 43.2 Å². The van der Waals surface area contributed by atoms with Gasteiger partial charge in [0, 0.05) is 11.1 Å². The Kier molecular flexibility index (Phi) is 2.44. The monoisotopic (exact) mass is 232 g/mol. The van der Waals surface area contributed by atoms with Crippen molar-refractivity contribution < 1.29 is 14.6 Å². The standard InChI is InChI=1S/C12H12N2O3/c15-10-6-8(11-13-1-3-16-11)5-9(7-10)12-14-2-4-17-12/h5-7,15H,1-4H2. The van der Waals surface area contributed by atoms with Crippen molar-refractivity contribution in [2.75, 3.05) is 26.3 Å². The molecule has 5 heteroatoms. The number of benzene rings is 1. The SMILES string of the molecule is Oc1cc(C2=NCCO2)cc(C2=NCCO2)c1. The lowest BCUT2D eigenvalue weighted by Crippen LogP contribution is -2.06. The number of aliphatic imine (C=N–C) groups is 2. The fourth-order valence-electron chi connectivity index (χ4n) is 1.88. The van der Waals surface area contributed by atoms with E-state index in [9.17, 15) is 5.11 Å². The van der Waals surface area contributed by atoms with Crippen molar-refractivity contribution in [3.05, 3.63) is 29.3 Å². The zero-order valence-corrected chi connectivity index (χ0v) is 9.22. The van der Waals surface area contributed by atoms with Crippen molar-refractivity contribution in [1.82, 2.24) is 0 Å². The van der Waals surface area contributed by atoms with Gasteiger partial charge in [-0.15, -0.1) is 0 Å². The number of aromatic hydroxyl groups is 1. The van der Waals surface area contributed by atoms with Gasteiger partial charge in [0.15, 0.2) is 0 Å². The molecular weight excluding hydrogens is 220 g/mol. The zero-order chi connectivity index (χ0) is 11.7. The molecule has 2 aliphatic heterocycles. The summed E-state index contributed by atoms with van der Waals surface area (Å²) in [7, 11) is 0. The van der Waals surface area contributed by atoms with Crippen molar-refractivity contribution in [2.24, 2.45) is 9.98 Å². The van der Waals surface area contributed by atoms with E-state index in [1.807, 2.05) is 6.07 Å². The molecule has 0 saturated heterocycles. The number of hydrogen-bond donors (Lipinski definition) is 1. The van der Waals surface area contributed by atoms with Gasteiger partial charge in [-0.25, -0.2) is 9.98 Å². The molecule has 2 aliphatic rings. The van der Waals surface area contributed by atoms with E-state index >= 15 is 0 Å². The van der Waals surface area contributed by atoms with Crippen LogP contribution in [0.3, 0.4) is 0 Å². The van der Waals surface area contributed by atoms with Gasteiger partial charge >= 0.3 is 0 Å². The molecule has 0 radical (unpaired) electrons. The van der Waals surface area contributed by atoms with Crippen LogP contribution in [0.25, 0.3) is 0 Å². The van der Waals surface area contributed by atoms with Crippen molar-refractivity contribution >= 4 is 11.8 Å². The van der Waals surface area contributed by atoms with Gasteiger partial charge in [-0.3, -0.25) is 0 Å². The molecule has 5 nitrogen and oxygen atoms in total. The maximum Gasteiger partial charge on any atom is 0.216 e. The molecule has 0 aromatic heterocycles. The van der Waals surface area contributed by atoms with E-state index in [2.05, 4.69) is 9.98 Å². The Bertz CT molecular complexity index is 466. The summed E-state index contributed by atoms with van der Waals surface area (Å²) in [6.07, 6.45) is 0. The predicted octanol–water partition coefficient (Wildman–Crippen LogP) is 0.946. The van der Waals surface area contributed by atoms with E-state index in [0.29, 0.717) is 38.1 Å². The quantitative estimate of drug-likeness (QED) is 0.825. The molecule has 0 atom stereocenters. The summed E-state index contributed by atoms with van der Waals surface area (Å²) in [4.78, 5) is 8.43. The van der Waals surface area contributed by atoms with Crippen LogP contribution >= 0.6 is 0 Å². The number of phenols is 1. The second kappa shape index (κ2) is 4.08. The van der Waals surface area contributed by atoms with Crippen LogP contribution in [0.1, 0.15) is 11.1 Å². The Morgan fingerprint density at radius 3 is 1.82 bits per heavy atom. The molecule has 1 aromatic rings. The van der Waals surface area contributed by atoms with Crippen LogP contribution in [0.4, 0.5) is 0 Å². The lowest BCUT2D eigenvalue weighted by molar-refractivity contribution is 0.347.